The number of aryl methyl sites for hydroxylation is 2. The number of amides is 2. The van der Waals surface area contributed by atoms with Crippen LogP contribution in [0.5, 0.6) is 0 Å². The molecule has 1 aromatic rings. The Hall–Kier alpha value is -1.85. The van der Waals surface area contributed by atoms with Gasteiger partial charge in [-0.2, -0.15) is 5.10 Å². The molecule has 1 aliphatic carbocycles. The Morgan fingerprint density at radius 3 is 2.74 bits per heavy atom. The number of nitrogens with zero attached hydrogens (tertiary/aromatic N) is 4. The van der Waals surface area contributed by atoms with Gasteiger partial charge in [0.25, 0.3) is 0 Å². The molecule has 3 fully saturated rings. The summed E-state index contributed by atoms with van der Waals surface area (Å²) in [6, 6.07) is 2.41. The van der Waals surface area contributed by atoms with Gasteiger partial charge in [0.15, 0.2) is 0 Å². The summed E-state index contributed by atoms with van der Waals surface area (Å²) in [7, 11) is 1.91. The first-order valence-electron chi connectivity index (χ1n) is 10.6. The maximum absolute atomic E-state index is 13.4. The van der Waals surface area contributed by atoms with Crippen molar-refractivity contribution in [1.82, 2.24) is 19.6 Å². The monoisotopic (exact) mass is 372 g/mol. The number of rotatable bonds is 4. The molecule has 0 N–H and O–H groups in total. The molecule has 2 saturated heterocycles. The smallest absolute Gasteiger partial charge is 0.230 e. The lowest BCUT2D eigenvalue weighted by Crippen LogP contribution is -2.54. The van der Waals surface area contributed by atoms with Gasteiger partial charge in [-0.3, -0.25) is 14.3 Å². The molecule has 1 saturated carbocycles. The predicted octanol–water partition coefficient (Wildman–Crippen LogP) is 2.53. The number of hydrogen-bond acceptors (Lipinski definition) is 3. The highest BCUT2D eigenvalue weighted by Crippen LogP contribution is 2.42. The van der Waals surface area contributed by atoms with Gasteiger partial charge in [0.2, 0.25) is 11.8 Å². The van der Waals surface area contributed by atoms with Crippen molar-refractivity contribution in [3.05, 3.63) is 18.0 Å². The molecule has 27 heavy (non-hydrogen) atoms. The molecule has 1 aromatic heterocycles. The quantitative estimate of drug-likeness (QED) is 0.816. The molecule has 1 atom stereocenters. The van der Waals surface area contributed by atoms with Crippen LogP contribution in [0.4, 0.5) is 0 Å². The zero-order valence-electron chi connectivity index (χ0n) is 16.5. The number of likely N-dealkylation sites (tertiary alicyclic amines) is 2. The van der Waals surface area contributed by atoms with E-state index in [0.29, 0.717) is 31.3 Å². The summed E-state index contributed by atoms with van der Waals surface area (Å²) in [5.74, 6) is 0.512. The van der Waals surface area contributed by atoms with Crippen molar-refractivity contribution in [3.8, 4) is 0 Å². The fourth-order valence-corrected chi connectivity index (χ4v) is 5.35. The molecule has 0 bridgehead atoms. The van der Waals surface area contributed by atoms with E-state index >= 15 is 0 Å². The molecular weight excluding hydrogens is 340 g/mol. The van der Waals surface area contributed by atoms with Gasteiger partial charge in [-0.05, 0) is 44.6 Å². The van der Waals surface area contributed by atoms with E-state index in [1.807, 2.05) is 22.7 Å². The largest absolute Gasteiger partial charge is 0.342 e. The summed E-state index contributed by atoms with van der Waals surface area (Å²) < 4.78 is 1.82. The van der Waals surface area contributed by atoms with E-state index in [4.69, 9.17) is 0 Å². The summed E-state index contributed by atoms with van der Waals surface area (Å²) in [4.78, 5) is 30.3. The van der Waals surface area contributed by atoms with Crippen LogP contribution in [-0.4, -0.2) is 57.1 Å². The molecule has 6 nitrogen and oxygen atoms in total. The average Bonchev–Trinajstić information content (AvgIpc) is 3.30. The Kier molecular flexibility index (Phi) is 5.24. The summed E-state index contributed by atoms with van der Waals surface area (Å²) >= 11 is 0. The second-order valence-corrected chi connectivity index (χ2v) is 8.69. The maximum atomic E-state index is 13.4. The average molecular weight is 373 g/mol. The van der Waals surface area contributed by atoms with Gasteiger partial charge in [0, 0.05) is 51.0 Å². The first-order valence-corrected chi connectivity index (χ1v) is 10.6. The van der Waals surface area contributed by atoms with Gasteiger partial charge >= 0.3 is 0 Å². The molecule has 1 spiro atoms. The number of piperidine rings is 1. The molecular formula is C21H32N4O2. The van der Waals surface area contributed by atoms with Crippen LogP contribution < -0.4 is 0 Å². The van der Waals surface area contributed by atoms with Crippen molar-refractivity contribution in [1.29, 1.82) is 0 Å². The molecule has 2 aliphatic heterocycles. The minimum absolute atomic E-state index is 0.177. The third kappa shape index (κ3) is 3.63. The number of aromatic nitrogens is 2. The highest BCUT2D eigenvalue weighted by atomic mass is 16.2. The van der Waals surface area contributed by atoms with Crippen LogP contribution in [0.3, 0.4) is 0 Å². The Morgan fingerprint density at radius 2 is 2.00 bits per heavy atom. The van der Waals surface area contributed by atoms with Gasteiger partial charge in [0.05, 0.1) is 5.41 Å². The Labute approximate surface area is 161 Å². The fourth-order valence-electron chi connectivity index (χ4n) is 5.35. The Balaban J connectivity index is 1.37. The molecule has 0 radical (unpaired) electrons. The fraction of sp³-hybridized carbons (Fsp3) is 0.762. The third-order valence-electron chi connectivity index (χ3n) is 7.01. The van der Waals surface area contributed by atoms with Crippen LogP contribution in [0.1, 0.15) is 63.5 Å². The van der Waals surface area contributed by atoms with Gasteiger partial charge in [-0.1, -0.05) is 19.3 Å². The van der Waals surface area contributed by atoms with Crippen molar-refractivity contribution in [2.24, 2.45) is 12.5 Å². The Morgan fingerprint density at radius 1 is 1.19 bits per heavy atom. The molecule has 3 heterocycles. The molecule has 2 amide bonds. The third-order valence-corrected chi connectivity index (χ3v) is 7.01. The van der Waals surface area contributed by atoms with Gasteiger partial charge < -0.3 is 9.80 Å². The summed E-state index contributed by atoms with van der Waals surface area (Å²) in [6.07, 6.45) is 12.0. The lowest BCUT2D eigenvalue weighted by molar-refractivity contribution is -0.149. The van der Waals surface area contributed by atoms with E-state index in [2.05, 4.69) is 10.00 Å². The van der Waals surface area contributed by atoms with Crippen molar-refractivity contribution >= 4 is 11.8 Å². The van der Waals surface area contributed by atoms with Gasteiger partial charge in [0.1, 0.15) is 0 Å². The minimum Gasteiger partial charge on any atom is -0.342 e. The Bertz CT molecular complexity index is 694. The van der Waals surface area contributed by atoms with Crippen LogP contribution >= 0.6 is 0 Å². The van der Waals surface area contributed by atoms with E-state index in [9.17, 15) is 9.59 Å². The van der Waals surface area contributed by atoms with Crippen LogP contribution in [-0.2, 0) is 23.1 Å². The zero-order chi connectivity index (χ0) is 18.9. The number of carbonyl (C=O) groups excluding carboxylic acids is 2. The van der Waals surface area contributed by atoms with E-state index < -0.39 is 0 Å². The highest BCUT2D eigenvalue weighted by molar-refractivity contribution is 5.86. The first kappa shape index (κ1) is 18.5. The van der Waals surface area contributed by atoms with Crippen LogP contribution in [0, 0.1) is 5.41 Å². The SMILES string of the molecule is Cn1nccc1CCC(=O)N1CCC2(CCCN(C3CCCCC3)C2=O)C1. The second-order valence-electron chi connectivity index (χ2n) is 8.69. The lowest BCUT2D eigenvalue weighted by atomic mass is 9.77. The maximum Gasteiger partial charge on any atom is 0.230 e. The van der Waals surface area contributed by atoms with Crippen molar-refractivity contribution < 1.29 is 9.59 Å². The first-order chi connectivity index (χ1) is 13.1. The minimum atomic E-state index is -0.308. The van der Waals surface area contributed by atoms with Gasteiger partial charge in [-0.15, -0.1) is 0 Å². The second kappa shape index (κ2) is 7.64. The van der Waals surface area contributed by atoms with E-state index in [1.54, 1.807) is 6.20 Å². The summed E-state index contributed by atoms with van der Waals surface area (Å²) in [5, 5.41) is 4.16. The van der Waals surface area contributed by atoms with Crippen LogP contribution in [0.2, 0.25) is 0 Å². The van der Waals surface area contributed by atoms with Crippen molar-refractivity contribution in [2.75, 3.05) is 19.6 Å². The zero-order valence-corrected chi connectivity index (χ0v) is 16.5. The molecule has 4 rings (SSSR count). The number of carbonyl (C=O) groups is 2. The summed E-state index contributed by atoms with van der Waals surface area (Å²) in [6.45, 7) is 2.27. The summed E-state index contributed by atoms with van der Waals surface area (Å²) in [5.41, 5.74) is 0.771. The lowest BCUT2D eigenvalue weighted by Gasteiger charge is -2.44. The van der Waals surface area contributed by atoms with E-state index in [0.717, 1.165) is 50.9 Å². The molecule has 1 unspecified atom stereocenters. The van der Waals surface area contributed by atoms with Crippen molar-refractivity contribution in [2.45, 2.75) is 70.3 Å². The van der Waals surface area contributed by atoms with Gasteiger partial charge in [-0.25, -0.2) is 0 Å². The predicted molar refractivity (Wildman–Crippen MR) is 103 cm³/mol. The molecule has 0 aromatic carbocycles. The standard InChI is InChI=1S/C21H32N4O2/c1-23-17(10-13-22-23)8-9-19(26)24-15-12-21(16-24)11-5-14-25(20(21)27)18-6-3-2-4-7-18/h10,13,18H,2-9,11-12,14-16H2,1H3. The van der Waals surface area contributed by atoms with Crippen molar-refractivity contribution in [3.63, 3.8) is 0 Å². The molecule has 6 heteroatoms. The topological polar surface area (TPSA) is 58.4 Å². The van der Waals surface area contributed by atoms with E-state index in [-0.39, 0.29) is 11.3 Å². The molecule has 3 aliphatic rings. The molecule has 148 valence electrons. The highest BCUT2D eigenvalue weighted by Gasteiger charge is 2.50. The van der Waals surface area contributed by atoms with Crippen LogP contribution in [0.25, 0.3) is 0 Å². The number of hydrogen-bond donors (Lipinski definition) is 0. The normalized spacial score (nSPS) is 26.9. The van der Waals surface area contributed by atoms with Crippen LogP contribution in [0.15, 0.2) is 12.3 Å². The van der Waals surface area contributed by atoms with E-state index in [1.165, 1.54) is 19.3 Å².